The van der Waals surface area contributed by atoms with Crippen LogP contribution in [0.15, 0.2) is 40.9 Å². The van der Waals surface area contributed by atoms with E-state index >= 15 is 0 Å². The van der Waals surface area contributed by atoms with Gasteiger partial charge < -0.3 is 10.0 Å². The highest BCUT2D eigenvalue weighted by atomic mass is 79.9. The zero-order valence-electron chi connectivity index (χ0n) is 11.8. The van der Waals surface area contributed by atoms with Crippen LogP contribution in [0, 0.1) is 6.92 Å². The summed E-state index contributed by atoms with van der Waals surface area (Å²) in [5, 5.41) is 10.1. The number of aromatic hydroxyl groups is 1. The van der Waals surface area contributed by atoms with Gasteiger partial charge in [-0.1, -0.05) is 18.2 Å². The van der Waals surface area contributed by atoms with Crippen LogP contribution in [-0.2, 0) is 6.42 Å². The van der Waals surface area contributed by atoms with Gasteiger partial charge in [-0.25, -0.2) is 0 Å². The van der Waals surface area contributed by atoms with Crippen molar-refractivity contribution in [2.24, 2.45) is 0 Å². The number of hydrogen-bond acceptors (Lipinski definition) is 2. The van der Waals surface area contributed by atoms with Gasteiger partial charge in [0.1, 0.15) is 5.75 Å². The summed E-state index contributed by atoms with van der Waals surface area (Å²) in [5.41, 5.74) is 3.40. The summed E-state index contributed by atoms with van der Waals surface area (Å²) in [7, 11) is 0. The van der Waals surface area contributed by atoms with E-state index in [4.69, 9.17) is 0 Å². The normalized spacial score (nSPS) is 13.9. The molecule has 0 unspecified atom stereocenters. The number of fused-ring (bicyclic) bond motifs is 1. The summed E-state index contributed by atoms with van der Waals surface area (Å²) in [6, 6.07) is 11.1. The van der Waals surface area contributed by atoms with Crippen molar-refractivity contribution in [1.29, 1.82) is 0 Å². The van der Waals surface area contributed by atoms with Crippen molar-refractivity contribution >= 4 is 27.5 Å². The largest absolute Gasteiger partial charge is 0.506 e. The predicted octanol–water partition coefficient (Wildman–Crippen LogP) is 4.06. The number of halogens is 1. The van der Waals surface area contributed by atoms with Crippen LogP contribution in [0.5, 0.6) is 5.75 Å². The lowest BCUT2D eigenvalue weighted by molar-refractivity contribution is 0.0983. The van der Waals surface area contributed by atoms with E-state index in [9.17, 15) is 9.90 Å². The molecule has 0 spiro atoms. The van der Waals surface area contributed by atoms with Gasteiger partial charge in [-0.05, 0) is 65.0 Å². The summed E-state index contributed by atoms with van der Waals surface area (Å²) in [5.74, 6) is 0.0908. The molecule has 0 saturated heterocycles. The number of aryl methyl sites for hydroxylation is 2. The fourth-order valence-corrected chi connectivity index (χ4v) is 3.44. The average Bonchev–Trinajstić information content (AvgIpc) is 2.46. The second-order valence-corrected chi connectivity index (χ2v) is 6.18. The van der Waals surface area contributed by atoms with Crippen LogP contribution in [0.25, 0.3) is 0 Å². The topological polar surface area (TPSA) is 40.5 Å². The molecule has 1 N–H and O–H groups in total. The van der Waals surface area contributed by atoms with Gasteiger partial charge in [-0.3, -0.25) is 4.79 Å². The van der Waals surface area contributed by atoms with E-state index in [0.29, 0.717) is 17.8 Å². The van der Waals surface area contributed by atoms with Crippen LogP contribution in [0.1, 0.15) is 27.9 Å². The van der Waals surface area contributed by atoms with Gasteiger partial charge in [-0.2, -0.15) is 0 Å². The fraction of sp³-hybridized carbons (Fsp3) is 0.235. The molecule has 0 bridgehead atoms. The Morgan fingerprint density at radius 3 is 2.86 bits per heavy atom. The quantitative estimate of drug-likeness (QED) is 0.846. The molecule has 0 fully saturated rings. The Labute approximate surface area is 132 Å². The highest BCUT2D eigenvalue weighted by molar-refractivity contribution is 9.10. The standard InChI is InChI=1S/C17H16BrNO2/c1-11-7-8-13(14(18)10-11)17(21)19-9-3-5-12-4-2-6-15(20)16(12)19/h2,4,6-8,10,20H,3,5,9H2,1H3. The van der Waals surface area contributed by atoms with Crippen molar-refractivity contribution in [1.82, 2.24) is 0 Å². The molecule has 0 aromatic heterocycles. The van der Waals surface area contributed by atoms with E-state index in [2.05, 4.69) is 15.9 Å². The number of amides is 1. The summed E-state index contributed by atoms with van der Waals surface area (Å²) in [6.07, 6.45) is 1.80. The monoisotopic (exact) mass is 345 g/mol. The highest BCUT2D eigenvalue weighted by Gasteiger charge is 2.27. The van der Waals surface area contributed by atoms with Gasteiger partial charge >= 0.3 is 0 Å². The van der Waals surface area contributed by atoms with Crippen LogP contribution in [0.4, 0.5) is 5.69 Å². The molecule has 2 aromatic carbocycles. The first-order chi connectivity index (χ1) is 10.1. The van der Waals surface area contributed by atoms with Gasteiger partial charge in [0.2, 0.25) is 0 Å². The number of hydrogen-bond donors (Lipinski definition) is 1. The smallest absolute Gasteiger partial charge is 0.259 e. The van der Waals surface area contributed by atoms with Crippen molar-refractivity contribution in [2.45, 2.75) is 19.8 Å². The Hall–Kier alpha value is -1.81. The number of carbonyl (C=O) groups excluding carboxylic acids is 1. The Bertz CT molecular complexity index is 712. The lowest BCUT2D eigenvalue weighted by Crippen LogP contribution is -2.35. The molecule has 3 rings (SSSR count). The lowest BCUT2D eigenvalue weighted by atomic mass is 10.00. The van der Waals surface area contributed by atoms with Crippen LogP contribution < -0.4 is 4.90 Å². The molecule has 0 atom stereocenters. The number of anilines is 1. The SMILES string of the molecule is Cc1ccc(C(=O)N2CCCc3cccc(O)c32)c(Br)c1. The number of rotatable bonds is 1. The van der Waals surface area contributed by atoms with Crippen molar-refractivity contribution < 1.29 is 9.90 Å². The molecule has 1 amide bonds. The van der Waals surface area contributed by atoms with Crippen LogP contribution >= 0.6 is 15.9 Å². The van der Waals surface area contributed by atoms with E-state index < -0.39 is 0 Å². The first kappa shape index (κ1) is 14.1. The van der Waals surface area contributed by atoms with E-state index in [1.54, 1.807) is 11.0 Å². The minimum atomic E-state index is -0.0793. The third-order valence-electron chi connectivity index (χ3n) is 3.80. The third kappa shape index (κ3) is 2.56. The first-order valence-electron chi connectivity index (χ1n) is 6.97. The highest BCUT2D eigenvalue weighted by Crippen LogP contribution is 2.36. The second kappa shape index (κ2) is 5.53. The zero-order valence-corrected chi connectivity index (χ0v) is 13.4. The molecule has 2 aromatic rings. The predicted molar refractivity (Wildman–Crippen MR) is 87.0 cm³/mol. The summed E-state index contributed by atoms with van der Waals surface area (Å²) >= 11 is 3.46. The maximum absolute atomic E-state index is 12.8. The lowest BCUT2D eigenvalue weighted by Gasteiger charge is -2.30. The maximum Gasteiger partial charge on any atom is 0.259 e. The number of benzene rings is 2. The van der Waals surface area contributed by atoms with Gasteiger partial charge in [0.05, 0.1) is 11.3 Å². The van der Waals surface area contributed by atoms with Crippen LogP contribution in [-0.4, -0.2) is 17.6 Å². The number of phenols is 1. The van der Waals surface area contributed by atoms with Gasteiger partial charge in [0, 0.05) is 11.0 Å². The van der Waals surface area contributed by atoms with Crippen molar-refractivity contribution in [3.8, 4) is 5.75 Å². The molecule has 21 heavy (non-hydrogen) atoms. The summed E-state index contributed by atoms with van der Waals surface area (Å²) in [6.45, 7) is 2.62. The van der Waals surface area contributed by atoms with E-state index in [1.807, 2.05) is 37.3 Å². The number of nitrogens with zero attached hydrogens (tertiary/aromatic N) is 1. The molecule has 0 saturated carbocycles. The molecule has 0 aliphatic carbocycles. The van der Waals surface area contributed by atoms with Crippen molar-refractivity contribution in [3.63, 3.8) is 0 Å². The molecular weight excluding hydrogens is 330 g/mol. The number of para-hydroxylation sites is 1. The Balaban J connectivity index is 2.04. The Morgan fingerprint density at radius 2 is 2.10 bits per heavy atom. The molecule has 1 heterocycles. The molecule has 0 radical (unpaired) electrons. The summed E-state index contributed by atoms with van der Waals surface area (Å²) < 4.78 is 0.787. The molecule has 1 aliphatic rings. The molecule has 3 nitrogen and oxygen atoms in total. The molecule has 1 aliphatic heterocycles. The third-order valence-corrected chi connectivity index (χ3v) is 4.45. The van der Waals surface area contributed by atoms with E-state index in [0.717, 1.165) is 28.4 Å². The van der Waals surface area contributed by atoms with Crippen LogP contribution in [0.2, 0.25) is 0 Å². The second-order valence-electron chi connectivity index (χ2n) is 5.33. The summed E-state index contributed by atoms with van der Waals surface area (Å²) in [4.78, 5) is 14.5. The average molecular weight is 346 g/mol. The first-order valence-corrected chi connectivity index (χ1v) is 7.76. The molecular formula is C17H16BrNO2. The minimum Gasteiger partial charge on any atom is -0.506 e. The van der Waals surface area contributed by atoms with Gasteiger partial charge in [0.25, 0.3) is 5.91 Å². The number of phenolic OH excluding ortho intramolecular Hbond substituents is 1. The molecule has 108 valence electrons. The molecule has 4 heteroatoms. The van der Waals surface area contributed by atoms with Gasteiger partial charge in [0.15, 0.2) is 0 Å². The minimum absolute atomic E-state index is 0.0793. The van der Waals surface area contributed by atoms with E-state index in [1.165, 1.54) is 0 Å². The Morgan fingerprint density at radius 1 is 1.29 bits per heavy atom. The maximum atomic E-state index is 12.8. The van der Waals surface area contributed by atoms with Gasteiger partial charge in [-0.15, -0.1) is 0 Å². The van der Waals surface area contributed by atoms with E-state index in [-0.39, 0.29) is 11.7 Å². The van der Waals surface area contributed by atoms with Crippen molar-refractivity contribution in [2.75, 3.05) is 11.4 Å². The Kier molecular flexibility index (Phi) is 3.72. The zero-order chi connectivity index (χ0) is 15.0. The number of carbonyl (C=O) groups is 1. The fourth-order valence-electron chi connectivity index (χ4n) is 2.77. The van der Waals surface area contributed by atoms with Crippen LogP contribution in [0.3, 0.4) is 0 Å². The van der Waals surface area contributed by atoms with Crippen molar-refractivity contribution in [3.05, 3.63) is 57.6 Å².